The molecule has 0 spiro atoms. The lowest BCUT2D eigenvalue weighted by Crippen LogP contribution is -2.17. The van der Waals surface area contributed by atoms with Crippen LogP contribution in [0.3, 0.4) is 0 Å². The van der Waals surface area contributed by atoms with E-state index >= 15 is 0 Å². The zero-order valence-electron chi connectivity index (χ0n) is 12.1. The van der Waals surface area contributed by atoms with Crippen LogP contribution in [0, 0.1) is 0 Å². The number of halogens is 3. The minimum Gasteiger partial charge on any atom is -0.379 e. The molecule has 0 saturated heterocycles. The molecule has 0 atom stereocenters. The molecule has 0 saturated carbocycles. The van der Waals surface area contributed by atoms with Crippen LogP contribution >= 0.6 is 0 Å². The fourth-order valence-electron chi connectivity index (χ4n) is 2.31. The highest BCUT2D eigenvalue weighted by Gasteiger charge is 2.37. The van der Waals surface area contributed by atoms with Gasteiger partial charge in [0.2, 0.25) is 0 Å². The van der Waals surface area contributed by atoms with Gasteiger partial charge in [-0.1, -0.05) is 42.5 Å². The standard InChI is InChI=1S/C17H11F3O3S/c18-17(19,20)15-7-3-4-8-16(15)24(21,22)23-14-10-9-12-5-1-2-6-13(12)11-14/h1-11H. The summed E-state index contributed by atoms with van der Waals surface area (Å²) < 4.78 is 68.5. The molecule has 124 valence electrons. The van der Waals surface area contributed by atoms with Crippen LogP contribution < -0.4 is 4.18 Å². The first-order chi connectivity index (χ1) is 11.3. The molecule has 3 aromatic carbocycles. The molecular formula is C17H11F3O3S. The van der Waals surface area contributed by atoms with Crippen LogP contribution in [0.25, 0.3) is 10.8 Å². The van der Waals surface area contributed by atoms with E-state index in [-0.39, 0.29) is 5.75 Å². The van der Waals surface area contributed by atoms with Gasteiger partial charge >= 0.3 is 16.3 Å². The molecule has 3 rings (SSSR count). The van der Waals surface area contributed by atoms with E-state index in [1.54, 1.807) is 18.2 Å². The molecule has 0 unspecified atom stereocenters. The van der Waals surface area contributed by atoms with Crippen molar-refractivity contribution >= 4 is 20.9 Å². The Bertz CT molecular complexity index is 995. The maximum absolute atomic E-state index is 13.0. The first kappa shape index (κ1) is 16.3. The van der Waals surface area contributed by atoms with Crippen molar-refractivity contribution in [1.29, 1.82) is 0 Å². The maximum atomic E-state index is 13.0. The first-order valence-electron chi connectivity index (χ1n) is 6.87. The van der Waals surface area contributed by atoms with Crippen LogP contribution in [0.5, 0.6) is 5.75 Å². The second-order valence-corrected chi connectivity index (χ2v) is 6.56. The number of rotatable bonds is 3. The summed E-state index contributed by atoms with van der Waals surface area (Å²) >= 11 is 0. The van der Waals surface area contributed by atoms with Crippen molar-refractivity contribution < 1.29 is 25.8 Å². The van der Waals surface area contributed by atoms with Gasteiger partial charge in [0.1, 0.15) is 10.6 Å². The Morgan fingerprint density at radius 2 is 1.42 bits per heavy atom. The van der Waals surface area contributed by atoms with Crippen molar-refractivity contribution in [1.82, 2.24) is 0 Å². The van der Waals surface area contributed by atoms with E-state index in [1.807, 2.05) is 12.1 Å². The average Bonchev–Trinajstić information content (AvgIpc) is 2.53. The predicted octanol–water partition coefficient (Wildman–Crippen LogP) is 4.63. The summed E-state index contributed by atoms with van der Waals surface area (Å²) in [6, 6.07) is 15.6. The molecule has 0 radical (unpaired) electrons. The van der Waals surface area contributed by atoms with Gasteiger partial charge in [-0.15, -0.1) is 0 Å². The topological polar surface area (TPSA) is 43.4 Å². The Morgan fingerprint density at radius 1 is 0.792 bits per heavy atom. The predicted molar refractivity (Wildman–Crippen MR) is 83.2 cm³/mol. The fraction of sp³-hybridized carbons (Fsp3) is 0.0588. The zero-order valence-corrected chi connectivity index (χ0v) is 12.9. The van der Waals surface area contributed by atoms with Crippen molar-refractivity contribution in [3.05, 3.63) is 72.3 Å². The third-order valence-electron chi connectivity index (χ3n) is 3.39. The van der Waals surface area contributed by atoms with Gasteiger partial charge in [0.05, 0.1) is 5.56 Å². The Morgan fingerprint density at radius 3 is 2.12 bits per heavy atom. The van der Waals surface area contributed by atoms with Gasteiger partial charge in [-0.05, 0) is 35.0 Å². The van der Waals surface area contributed by atoms with Gasteiger partial charge in [0.15, 0.2) is 0 Å². The molecule has 0 heterocycles. The van der Waals surface area contributed by atoms with Crippen LogP contribution in [0.2, 0.25) is 0 Å². The number of hydrogen-bond acceptors (Lipinski definition) is 3. The number of fused-ring (bicyclic) bond motifs is 1. The third kappa shape index (κ3) is 3.21. The summed E-state index contributed by atoms with van der Waals surface area (Å²) in [6.45, 7) is 0. The molecule has 0 bridgehead atoms. The lowest BCUT2D eigenvalue weighted by atomic mass is 10.1. The van der Waals surface area contributed by atoms with Gasteiger partial charge in [-0.25, -0.2) is 0 Å². The van der Waals surface area contributed by atoms with E-state index in [9.17, 15) is 21.6 Å². The second-order valence-electron chi connectivity index (χ2n) is 5.04. The molecule has 0 aliphatic heterocycles. The summed E-state index contributed by atoms with van der Waals surface area (Å²) in [5.74, 6) is -0.0503. The first-order valence-corrected chi connectivity index (χ1v) is 8.28. The van der Waals surface area contributed by atoms with Gasteiger partial charge < -0.3 is 4.18 Å². The Kier molecular flexibility index (Phi) is 3.96. The minimum absolute atomic E-state index is 0.0503. The Balaban J connectivity index is 2.02. The van der Waals surface area contributed by atoms with Crippen LogP contribution in [-0.2, 0) is 16.3 Å². The Labute approximate surface area is 136 Å². The third-order valence-corrected chi connectivity index (χ3v) is 4.70. The molecule has 24 heavy (non-hydrogen) atoms. The fourth-order valence-corrected chi connectivity index (χ4v) is 3.45. The van der Waals surface area contributed by atoms with Crippen molar-refractivity contribution in [2.24, 2.45) is 0 Å². The molecule has 3 aromatic rings. The van der Waals surface area contributed by atoms with Crippen LogP contribution in [0.15, 0.2) is 71.6 Å². The summed E-state index contributed by atoms with van der Waals surface area (Å²) in [4.78, 5) is -0.911. The van der Waals surface area contributed by atoms with E-state index in [1.165, 1.54) is 18.2 Å². The molecule has 3 nitrogen and oxygen atoms in total. The van der Waals surface area contributed by atoms with Gasteiger partial charge in [0.25, 0.3) is 0 Å². The largest absolute Gasteiger partial charge is 0.417 e. The molecule has 0 aliphatic carbocycles. The lowest BCUT2D eigenvalue weighted by Gasteiger charge is -2.13. The minimum atomic E-state index is -4.80. The molecule has 0 N–H and O–H groups in total. The molecular weight excluding hydrogens is 341 g/mol. The summed E-state index contributed by atoms with van der Waals surface area (Å²) in [7, 11) is -4.62. The molecule has 7 heteroatoms. The van der Waals surface area contributed by atoms with Gasteiger partial charge in [-0.3, -0.25) is 0 Å². The van der Waals surface area contributed by atoms with Crippen molar-refractivity contribution in [2.45, 2.75) is 11.1 Å². The maximum Gasteiger partial charge on any atom is 0.417 e. The summed E-state index contributed by atoms with van der Waals surface area (Å²) in [6.07, 6.45) is -4.80. The molecule has 0 amide bonds. The molecule has 0 fully saturated rings. The highest BCUT2D eigenvalue weighted by Crippen LogP contribution is 2.35. The van der Waals surface area contributed by atoms with E-state index in [4.69, 9.17) is 4.18 Å². The van der Waals surface area contributed by atoms with E-state index in [2.05, 4.69) is 0 Å². The number of alkyl halides is 3. The number of benzene rings is 3. The second kappa shape index (κ2) is 5.83. The molecule has 0 aliphatic rings. The summed E-state index contributed by atoms with van der Waals surface area (Å²) in [5.41, 5.74) is -1.26. The quantitative estimate of drug-likeness (QED) is 0.646. The van der Waals surface area contributed by atoms with Crippen molar-refractivity contribution in [3.8, 4) is 5.75 Å². The van der Waals surface area contributed by atoms with E-state index in [0.717, 1.165) is 17.5 Å². The highest BCUT2D eigenvalue weighted by molar-refractivity contribution is 7.87. The highest BCUT2D eigenvalue weighted by atomic mass is 32.2. The normalized spacial score (nSPS) is 12.3. The van der Waals surface area contributed by atoms with E-state index < -0.39 is 26.8 Å². The van der Waals surface area contributed by atoms with Crippen molar-refractivity contribution in [3.63, 3.8) is 0 Å². The Hall–Kier alpha value is -2.54. The van der Waals surface area contributed by atoms with Gasteiger partial charge in [-0.2, -0.15) is 21.6 Å². The molecule has 0 aromatic heterocycles. The SMILES string of the molecule is O=S(=O)(Oc1ccc2ccccc2c1)c1ccccc1C(F)(F)F. The van der Waals surface area contributed by atoms with Gasteiger partial charge in [0, 0.05) is 0 Å². The monoisotopic (exact) mass is 352 g/mol. The average molecular weight is 352 g/mol. The summed E-state index contributed by atoms with van der Waals surface area (Å²) in [5, 5.41) is 1.58. The van der Waals surface area contributed by atoms with Crippen LogP contribution in [-0.4, -0.2) is 8.42 Å². The van der Waals surface area contributed by atoms with E-state index in [0.29, 0.717) is 11.5 Å². The number of hydrogen-bond donors (Lipinski definition) is 0. The van der Waals surface area contributed by atoms with Crippen molar-refractivity contribution in [2.75, 3.05) is 0 Å². The smallest absolute Gasteiger partial charge is 0.379 e. The van der Waals surface area contributed by atoms with Crippen LogP contribution in [0.4, 0.5) is 13.2 Å². The zero-order chi connectivity index (χ0) is 17.4. The lowest BCUT2D eigenvalue weighted by molar-refractivity contribution is -0.139. The van der Waals surface area contributed by atoms with Crippen LogP contribution in [0.1, 0.15) is 5.56 Å².